The fourth-order valence-electron chi connectivity index (χ4n) is 1.24. The van der Waals surface area contributed by atoms with E-state index in [2.05, 4.69) is 0 Å². The molecule has 0 radical (unpaired) electrons. The molecule has 2 unspecified atom stereocenters. The minimum Gasteiger partial charge on any atom is -0.461 e. The summed E-state index contributed by atoms with van der Waals surface area (Å²) in [7, 11) is -3.85. The molecule has 0 aromatic carbocycles. The summed E-state index contributed by atoms with van der Waals surface area (Å²) >= 11 is 0. The average molecular weight is 202 g/mol. The summed E-state index contributed by atoms with van der Waals surface area (Å²) in [6, 6.07) is 0. The van der Waals surface area contributed by atoms with Crippen molar-refractivity contribution in [3.05, 3.63) is 23.2 Å². The van der Waals surface area contributed by atoms with Gasteiger partial charge < -0.3 is 4.42 Å². The highest BCUT2D eigenvalue weighted by atomic mass is 32.2. The summed E-state index contributed by atoms with van der Waals surface area (Å²) < 4.78 is 42.7. The number of ketones is 1. The average Bonchev–Trinajstić information content (AvgIpc) is 2.63. The number of Topliss-reactive ketones (excluding diaryl/α,β-unsaturated/α-hetero) is 1. The first-order valence-electron chi connectivity index (χ1n) is 4.72. The molecule has 2 heterocycles. The van der Waals surface area contributed by atoms with Gasteiger partial charge in [0.1, 0.15) is 0 Å². The van der Waals surface area contributed by atoms with Gasteiger partial charge in [-0.05, 0) is 0 Å². The Bertz CT molecular complexity index is 531. The van der Waals surface area contributed by atoms with Crippen molar-refractivity contribution in [1.82, 2.24) is 0 Å². The van der Waals surface area contributed by atoms with E-state index in [0.29, 0.717) is 0 Å². The van der Waals surface area contributed by atoms with E-state index >= 15 is 0 Å². The zero-order chi connectivity index (χ0) is 11.4. The number of carbonyl (C=O) groups excluding carboxylic acids is 1. The summed E-state index contributed by atoms with van der Waals surface area (Å²) in [5.74, 6) is -0.555. The molecule has 0 N–H and O–H groups in total. The van der Waals surface area contributed by atoms with Crippen LogP contribution in [0.25, 0.3) is 0 Å². The van der Waals surface area contributed by atoms with Crippen molar-refractivity contribution >= 4 is 15.6 Å². The maximum Gasteiger partial charge on any atom is 0.195 e. The van der Waals surface area contributed by atoms with Gasteiger partial charge in [-0.25, -0.2) is 8.42 Å². The van der Waals surface area contributed by atoms with Gasteiger partial charge >= 0.3 is 0 Å². The summed E-state index contributed by atoms with van der Waals surface area (Å²) in [6.07, 6.45) is 1.08. The van der Waals surface area contributed by atoms with E-state index < -0.39 is 27.1 Å². The number of fused-ring (bicyclic) bond motifs is 1. The Kier molecular flexibility index (Phi) is 1.20. The second kappa shape index (κ2) is 2.45. The monoisotopic (exact) mass is 202 g/mol. The molecule has 0 saturated heterocycles. The van der Waals surface area contributed by atoms with Gasteiger partial charge in [0.15, 0.2) is 21.4 Å². The van der Waals surface area contributed by atoms with Crippen LogP contribution in [0.5, 0.6) is 0 Å². The van der Waals surface area contributed by atoms with Gasteiger partial charge in [0, 0.05) is 20.8 Å². The molecule has 0 aliphatic carbocycles. The van der Waals surface area contributed by atoms with Crippen LogP contribution in [0.2, 0.25) is 0 Å². The van der Waals surface area contributed by atoms with Crippen molar-refractivity contribution in [2.45, 2.75) is 18.4 Å². The molecule has 4 nitrogen and oxygen atoms in total. The zero-order valence-electron chi connectivity index (χ0n) is 8.77. The molecule has 5 heteroatoms. The van der Waals surface area contributed by atoms with Crippen LogP contribution in [0.3, 0.4) is 0 Å². The Morgan fingerprint density at radius 1 is 1.62 bits per heavy atom. The normalized spacial score (nSPS) is 32.1. The first-order valence-corrected chi connectivity index (χ1v) is 5.17. The molecule has 1 aliphatic heterocycles. The summed E-state index contributed by atoms with van der Waals surface area (Å²) in [4.78, 5) is 11.1. The molecule has 2 atom stereocenters. The summed E-state index contributed by atoms with van der Waals surface area (Å²) in [6.45, 7) is 1.23. The first-order chi connectivity index (χ1) is 6.87. The highest BCUT2D eigenvalue weighted by molar-refractivity contribution is 7.90. The Morgan fingerprint density at radius 3 is 2.92 bits per heavy atom. The van der Waals surface area contributed by atoms with Crippen LogP contribution in [-0.2, 0) is 21.3 Å². The van der Waals surface area contributed by atoms with Gasteiger partial charge in [0.05, 0.1) is 17.7 Å². The van der Waals surface area contributed by atoms with Gasteiger partial charge in [0.25, 0.3) is 0 Å². The topological polar surface area (TPSA) is 64.3 Å². The number of hydrogen-bond donors (Lipinski definition) is 0. The van der Waals surface area contributed by atoms with Crippen molar-refractivity contribution in [3.8, 4) is 0 Å². The van der Waals surface area contributed by atoms with Crippen LogP contribution >= 0.6 is 0 Å². The number of sulfone groups is 1. The predicted octanol–water partition coefficient (Wildman–Crippen LogP) is 0.911. The molecule has 1 aromatic heterocycles. The van der Waals surface area contributed by atoms with Crippen LogP contribution in [0, 0.1) is 0 Å². The molecular formula is C8H8O4S. The number of furan rings is 1. The van der Waals surface area contributed by atoms with E-state index in [1.165, 1.54) is 6.92 Å². The predicted molar refractivity (Wildman–Crippen MR) is 45.0 cm³/mol. The molecule has 0 amide bonds. The van der Waals surface area contributed by atoms with E-state index in [-0.39, 0.29) is 16.9 Å². The van der Waals surface area contributed by atoms with Crippen molar-refractivity contribution in [2.24, 2.45) is 0 Å². The first kappa shape index (κ1) is 6.37. The van der Waals surface area contributed by atoms with Gasteiger partial charge in [-0.3, -0.25) is 4.79 Å². The molecular weight excluding hydrogens is 192 g/mol. The third kappa shape index (κ3) is 1.29. The maximum absolute atomic E-state index is 11.5. The van der Waals surface area contributed by atoms with Crippen LogP contribution in [0.15, 0.2) is 10.7 Å². The molecule has 70 valence electrons. The smallest absolute Gasteiger partial charge is 0.195 e. The van der Waals surface area contributed by atoms with Crippen molar-refractivity contribution < 1.29 is 20.4 Å². The van der Waals surface area contributed by atoms with E-state index in [9.17, 15) is 13.2 Å². The Morgan fingerprint density at radius 2 is 2.31 bits per heavy atom. The van der Waals surface area contributed by atoms with Gasteiger partial charge in [0.2, 0.25) is 0 Å². The van der Waals surface area contributed by atoms with E-state index in [1.807, 2.05) is 0 Å². The third-order valence-electron chi connectivity index (χ3n) is 1.75. The van der Waals surface area contributed by atoms with Gasteiger partial charge in [-0.15, -0.1) is 0 Å². The van der Waals surface area contributed by atoms with Crippen molar-refractivity contribution in [3.63, 3.8) is 0 Å². The molecule has 13 heavy (non-hydrogen) atoms. The molecule has 2 rings (SSSR count). The van der Waals surface area contributed by atoms with Crippen molar-refractivity contribution in [2.75, 3.05) is 0 Å². The van der Waals surface area contributed by atoms with E-state index in [0.717, 1.165) is 6.26 Å². The SMILES string of the molecule is [2H]C1c2coc(C(C)=O)c2C([2H])S1(=O)=O. The number of carbonyl (C=O) groups is 1. The maximum atomic E-state index is 11.5. The molecule has 1 aromatic rings. The molecule has 0 bridgehead atoms. The van der Waals surface area contributed by atoms with Crippen LogP contribution in [-0.4, -0.2) is 14.2 Å². The quantitative estimate of drug-likeness (QED) is 0.635. The van der Waals surface area contributed by atoms with Gasteiger partial charge in [-0.1, -0.05) is 0 Å². The summed E-state index contributed by atoms with van der Waals surface area (Å²) in [5.41, 5.74) is -2.94. The van der Waals surface area contributed by atoms with E-state index in [1.54, 1.807) is 0 Å². The van der Waals surface area contributed by atoms with Gasteiger partial charge in [-0.2, -0.15) is 0 Å². The minimum absolute atomic E-state index is 0.0301. The fourth-order valence-corrected chi connectivity index (χ4v) is 2.42. The molecule has 1 aliphatic rings. The second-order valence-electron chi connectivity index (χ2n) is 2.81. The Hall–Kier alpha value is -1.10. The standard InChI is InChI=1S/C8H8O4S/c1-5(9)8-7-4-13(10,11)3-6(7)2-12-8/h2H,3-4H2,1H3/i3D,4D. The molecule has 0 fully saturated rings. The largest absolute Gasteiger partial charge is 0.461 e. The highest BCUT2D eigenvalue weighted by Crippen LogP contribution is 2.29. The lowest BCUT2D eigenvalue weighted by molar-refractivity contribution is 0.0986. The number of rotatable bonds is 1. The van der Waals surface area contributed by atoms with Crippen LogP contribution in [0.4, 0.5) is 0 Å². The summed E-state index contributed by atoms with van der Waals surface area (Å²) in [5, 5.41) is 0. The second-order valence-corrected chi connectivity index (χ2v) is 4.46. The number of hydrogen-bond acceptors (Lipinski definition) is 4. The minimum atomic E-state index is -3.85. The zero-order valence-corrected chi connectivity index (χ0v) is 7.59. The third-order valence-corrected chi connectivity index (χ3v) is 2.90. The Balaban J connectivity index is 2.70. The van der Waals surface area contributed by atoms with Crippen LogP contribution in [0.1, 0.15) is 31.3 Å². The van der Waals surface area contributed by atoms with Crippen molar-refractivity contribution in [1.29, 1.82) is 0 Å². The Labute approximate surface area is 78.3 Å². The van der Waals surface area contributed by atoms with Crippen LogP contribution < -0.4 is 0 Å². The molecule has 0 saturated carbocycles. The lowest BCUT2D eigenvalue weighted by Gasteiger charge is -1.92. The fraction of sp³-hybridized carbons (Fsp3) is 0.375. The van der Waals surface area contributed by atoms with E-state index in [4.69, 9.17) is 7.16 Å². The molecule has 0 spiro atoms. The highest BCUT2D eigenvalue weighted by Gasteiger charge is 2.31. The lowest BCUT2D eigenvalue weighted by atomic mass is 10.1. The lowest BCUT2D eigenvalue weighted by Crippen LogP contribution is -1.99.